The molecule has 0 atom stereocenters. The van der Waals surface area contributed by atoms with Gasteiger partial charge < -0.3 is 9.84 Å². The van der Waals surface area contributed by atoms with Crippen molar-refractivity contribution in [2.45, 2.75) is 24.7 Å². The zero-order valence-electron chi connectivity index (χ0n) is 10.2. The van der Waals surface area contributed by atoms with Crippen LogP contribution in [-0.2, 0) is 9.05 Å². The minimum absolute atomic E-state index is 0.157. The van der Waals surface area contributed by atoms with E-state index >= 15 is 0 Å². The van der Waals surface area contributed by atoms with Crippen molar-refractivity contribution in [3.05, 3.63) is 23.3 Å². The lowest BCUT2D eigenvalue weighted by atomic mass is 10.1. The molecule has 2 rings (SSSR count). The van der Waals surface area contributed by atoms with Gasteiger partial charge in [0.1, 0.15) is 5.75 Å². The van der Waals surface area contributed by atoms with E-state index in [1.807, 2.05) is 0 Å². The van der Waals surface area contributed by atoms with Gasteiger partial charge in [-0.2, -0.15) is 0 Å². The Morgan fingerprint density at radius 1 is 1.47 bits per heavy atom. The van der Waals surface area contributed by atoms with Crippen molar-refractivity contribution in [2.75, 3.05) is 6.61 Å². The van der Waals surface area contributed by atoms with E-state index < -0.39 is 15.0 Å². The van der Waals surface area contributed by atoms with Crippen molar-refractivity contribution in [3.8, 4) is 5.75 Å². The first-order valence-electron chi connectivity index (χ1n) is 5.74. The Labute approximate surface area is 115 Å². The number of aromatic carboxylic acids is 1. The van der Waals surface area contributed by atoms with Gasteiger partial charge in [-0.3, -0.25) is 0 Å². The van der Waals surface area contributed by atoms with Crippen LogP contribution in [0.3, 0.4) is 0 Å². The molecule has 0 spiro atoms. The van der Waals surface area contributed by atoms with Crippen molar-refractivity contribution >= 4 is 25.7 Å². The number of hydrogen-bond acceptors (Lipinski definition) is 4. The third-order valence-electron chi connectivity index (χ3n) is 2.99. The van der Waals surface area contributed by atoms with Crippen molar-refractivity contribution in [3.63, 3.8) is 0 Å². The summed E-state index contributed by atoms with van der Waals surface area (Å²) in [6.45, 7) is 2.01. The maximum atomic E-state index is 11.4. The maximum Gasteiger partial charge on any atom is 0.335 e. The molecule has 1 aliphatic carbocycles. The molecule has 1 fully saturated rings. The van der Waals surface area contributed by atoms with Crippen LogP contribution in [0.5, 0.6) is 5.75 Å². The lowest BCUT2D eigenvalue weighted by molar-refractivity contribution is 0.0696. The predicted octanol–water partition coefficient (Wildman–Crippen LogP) is 2.41. The van der Waals surface area contributed by atoms with Crippen LogP contribution in [0, 0.1) is 12.8 Å². The summed E-state index contributed by atoms with van der Waals surface area (Å²) in [6.07, 6.45) is 2.16. The van der Waals surface area contributed by atoms with Crippen molar-refractivity contribution in [2.24, 2.45) is 5.92 Å². The second-order valence-corrected chi connectivity index (χ2v) is 7.13. The minimum Gasteiger partial charge on any atom is -0.493 e. The molecule has 0 amide bonds. The van der Waals surface area contributed by atoms with E-state index in [-0.39, 0.29) is 16.2 Å². The minimum atomic E-state index is -4.01. The highest BCUT2D eigenvalue weighted by atomic mass is 35.7. The zero-order chi connectivity index (χ0) is 14.2. The van der Waals surface area contributed by atoms with Crippen LogP contribution in [0.15, 0.2) is 17.0 Å². The smallest absolute Gasteiger partial charge is 0.335 e. The first-order valence-corrected chi connectivity index (χ1v) is 8.05. The molecule has 5 nitrogen and oxygen atoms in total. The van der Waals surface area contributed by atoms with Gasteiger partial charge in [0.25, 0.3) is 9.05 Å². The molecule has 19 heavy (non-hydrogen) atoms. The van der Waals surface area contributed by atoms with Gasteiger partial charge in [-0.05, 0) is 37.8 Å². The first-order chi connectivity index (χ1) is 8.79. The molecule has 1 aliphatic rings. The highest BCUT2D eigenvalue weighted by molar-refractivity contribution is 8.13. The highest BCUT2D eigenvalue weighted by Gasteiger charge is 2.24. The summed E-state index contributed by atoms with van der Waals surface area (Å²) < 4.78 is 28.4. The van der Waals surface area contributed by atoms with Gasteiger partial charge in [0.2, 0.25) is 0 Å². The average Bonchev–Trinajstić information content (AvgIpc) is 3.09. The number of rotatable bonds is 5. The number of halogens is 1. The van der Waals surface area contributed by atoms with E-state index in [2.05, 4.69) is 0 Å². The standard InChI is InChI=1S/C12H13ClO5S/c1-7-10(18-6-8-2-3-8)4-9(12(14)15)5-11(7)19(13,16)17/h4-5,8H,2-3,6H2,1H3,(H,14,15). The monoisotopic (exact) mass is 304 g/mol. The second kappa shape index (κ2) is 5.02. The van der Waals surface area contributed by atoms with E-state index in [1.54, 1.807) is 6.92 Å². The van der Waals surface area contributed by atoms with E-state index in [0.717, 1.165) is 18.9 Å². The highest BCUT2D eigenvalue weighted by Crippen LogP contribution is 2.33. The largest absolute Gasteiger partial charge is 0.493 e. The van der Waals surface area contributed by atoms with E-state index in [0.29, 0.717) is 18.1 Å². The summed E-state index contributed by atoms with van der Waals surface area (Å²) in [6, 6.07) is 2.37. The van der Waals surface area contributed by atoms with Crippen LogP contribution < -0.4 is 4.74 Å². The summed E-state index contributed by atoms with van der Waals surface area (Å²) in [7, 11) is 1.31. The molecule has 0 aromatic heterocycles. The van der Waals surface area contributed by atoms with Gasteiger partial charge in [0.05, 0.1) is 17.1 Å². The average molecular weight is 305 g/mol. The van der Waals surface area contributed by atoms with Gasteiger partial charge >= 0.3 is 5.97 Å². The molecule has 104 valence electrons. The number of benzene rings is 1. The third kappa shape index (κ3) is 3.39. The Morgan fingerprint density at radius 3 is 2.58 bits per heavy atom. The van der Waals surface area contributed by atoms with Gasteiger partial charge in [-0.1, -0.05) is 0 Å². The molecule has 1 aromatic carbocycles. The molecule has 0 bridgehead atoms. The van der Waals surface area contributed by atoms with E-state index in [1.165, 1.54) is 6.07 Å². The van der Waals surface area contributed by atoms with Crippen LogP contribution in [0.2, 0.25) is 0 Å². The quantitative estimate of drug-likeness (QED) is 0.845. The molecular formula is C12H13ClO5S. The summed E-state index contributed by atoms with van der Waals surface area (Å²) in [5.41, 5.74) is 0.177. The summed E-state index contributed by atoms with van der Waals surface area (Å²) >= 11 is 0. The molecule has 0 saturated heterocycles. The van der Waals surface area contributed by atoms with Crippen LogP contribution >= 0.6 is 10.7 Å². The molecule has 0 heterocycles. The van der Waals surface area contributed by atoms with Gasteiger partial charge in [0, 0.05) is 16.2 Å². The van der Waals surface area contributed by atoms with Gasteiger partial charge in [-0.25, -0.2) is 13.2 Å². The maximum absolute atomic E-state index is 11.4. The number of ether oxygens (including phenoxy) is 1. The zero-order valence-corrected chi connectivity index (χ0v) is 11.8. The number of carboxylic acids is 1. The topological polar surface area (TPSA) is 80.7 Å². The van der Waals surface area contributed by atoms with E-state index in [9.17, 15) is 13.2 Å². The first kappa shape index (κ1) is 14.1. The Morgan fingerprint density at radius 2 is 2.11 bits per heavy atom. The van der Waals surface area contributed by atoms with Crippen molar-refractivity contribution in [1.29, 1.82) is 0 Å². The molecule has 7 heteroatoms. The number of carbonyl (C=O) groups is 1. The second-order valence-electron chi connectivity index (χ2n) is 4.59. The molecule has 0 unspecified atom stereocenters. The van der Waals surface area contributed by atoms with Crippen molar-refractivity contribution in [1.82, 2.24) is 0 Å². The molecule has 0 aliphatic heterocycles. The molecule has 1 saturated carbocycles. The lowest BCUT2D eigenvalue weighted by Crippen LogP contribution is -2.07. The lowest BCUT2D eigenvalue weighted by Gasteiger charge is -2.12. The Bertz CT molecular complexity index is 619. The number of carboxylic acid groups (broad SMARTS) is 1. The molecule has 1 N–H and O–H groups in total. The normalized spacial score (nSPS) is 15.3. The molecule has 1 aromatic rings. The summed E-state index contributed by atoms with van der Waals surface area (Å²) in [5, 5.41) is 8.99. The fraction of sp³-hybridized carbons (Fsp3) is 0.417. The predicted molar refractivity (Wildman–Crippen MR) is 69.4 cm³/mol. The Balaban J connectivity index is 2.44. The molecule has 0 radical (unpaired) electrons. The van der Waals surface area contributed by atoms with Crippen LogP contribution in [0.1, 0.15) is 28.8 Å². The van der Waals surface area contributed by atoms with Gasteiger partial charge in [-0.15, -0.1) is 0 Å². The molecular weight excluding hydrogens is 292 g/mol. The van der Waals surface area contributed by atoms with Crippen LogP contribution in [-0.4, -0.2) is 26.1 Å². The Kier molecular flexibility index (Phi) is 3.73. The fourth-order valence-corrected chi connectivity index (χ4v) is 2.90. The fourth-order valence-electron chi connectivity index (χ4n) is 1.68. The summed E-state index contributed by atoms with van der Waals surface area (Å²) in [4.78, 5) is 10.8. The third-order valence-corrected chi connectivity index (χ3v) is 4.44. The van der Waals surface area contributed by atoms with Crippen molar-refractivity contribution < 1.29 is 23.1 Å². The van der Waals surface area contributed by atoms with E-state index in [4.69, 9.17) is 20.5 Å². The SMILES string of the molecule is Cc1c(OCC2CC2)cc(C(=O)O)cc1S(=O)(=O)Cl. The number of hydrogen-bond donors (Lipinski definition) is 1. The van der Waals surface area contributed by atoms with Crippen LogP contribution in [0.4, 0.5) is 0 Å². The Hall–Kier alpha value is -1.27. The van der Waals surface area contributed by atoms with Crippen LogP contribution in [0.25, 0.3) is 0 Å². The van der Waals surface area contributed by atoms with Gasteiger partial charge in [0.15, 0.2) is 0 Å². The summed E-state index contributed by atoms with van der Waals surface area (Å²) in [5.74, 6) is -0.493.